The summed E-state index contributed by atoms with van der Waals surface area (Å²) in [7, 11) is 0. The summed E-state index contributed by atoms with van der Waals surface area (Å²) in [6.45, 7) is 7.29. The first-order chi connectivity index (χ1) is 16.0. The smallest absolute Gasteiger partial charge is 0.251 e. The van der Waals surface area contributed by atoms with Crippen molar-refractivity contribution in [3.05, 3.63) is 65.2 Å². The normalized spacial score (nSPS) is 14.0. The average Bonchev–Trinajstić information content (AvgIpc) is 3.64. The number of nitrogens with one attached hydrogen (secondary N) is 2. The highest BCUT2D eigenvalue weighted by atomic mass is 16.5. The number of amides is 2. The molecule has 6 heteroatoms. The Labute approximate surface area is 196 Å². The van der Waals surface area contributed by atoms with Crippen LogP contribution in [0.4, 0.5) is 0 Å². The van der Waals surface area contributed by atoms with Gasteiger partial charge in [-0.15, -0.1) is 0 Å². The quantitative estimate of drug-likeness (QED) is 0.444. The van der Waals surface area contributed by atoms with Crippen molar-refractivity contribution in [2.24, 2.45) is 0 Å². The first-order valence-electron chi connectivity index (χ1n) is 11.8. The molecule has 1 unspecified atom stereocenters. The minimum absolute atomic E-state index is 0.0482. The average molecular weight is 451 g/mol. The third kappa shape index (κ3) is 7.67. The van der Waals surface area contributed by atoms with Crippen LogP contribution in [0, 0.1) is 0 Å². The van der Waals surface area contributed by atoms with E-state index in [0.717, 1.165) is 42.6 Å². The molecule has 2 N–H and O–H groups in total. The number of carbonyl (C=O) groups is 2. The molecular weight excluding hydrogens is 416 g/mol. The van der Waals surface area contributed by atoms with Gasteiger partial charge in [0.15, 0.2) is 11.5 Å². The van der Waals surface area contributed by atoms with Crippen molar-refractivity contribution in [2.45, 2.75) is 58.5 Å². The second-order valence-electron chi connectivity index (χ2n) is 8.34. The van der Waals surface area contributed by atoms with Crippen molar-refractivity contribution < 1.29 is 19.1 Å². The summed E-state index contributed by atoms with van der Waals surface area (Å²) >= 11 is 0. The van der Waals surface area contributed by atoms with E-state index in [0.29, 0.717) is 30.6 Å². The summed E-state index contributed by atoms with van der Waals surface area (Å²) in [5, 5.41) is 5.95. The first kappa shape index (κ1) is 24.4. The molecule has 2 aromatic rings. The number of hydrogen-bond acceptors (Lipinski definition) is 4. The van der Waals surface area contributed by atoms with E-state index in [1.807, 2.05) is 37.3 Å². The lowest BCUT2D eigenvalue weighted by Crippen LogP contribution is -2.25. The van der Waals surface area contributed by atoms with E-state index >= 15 is 0 Å². The zero-order valence-corrected chi connectivity index (χ0v) is 19.7. The van der Waals surface area contributed by atoms with Gasteiger partial charge >= 0.3 is 0 Å². The number of carbonyl (C=O) groups excluding carboxylic acids is 2. The van der Waals surface area contributed by atoms with Gasteiger partial charge in [-0.05, 0) is 74.1 Å². The van der Waals surface area contributed by atoms with Crippen molar-refractivity contribution in [3.8, 4) is 11.5 Å². The molecule has 1 aliphatic rings. The lowest BCUT2D eigenvalue weighted by molar-refractivity contribution is -0.117. The van der Waals surface area contributed by atoms with Gasteiger partial charge in [0.05, 0.1) is 19.3 Å². The van der Waals surface area contributed by atoms with E-state index in [4.69, 9.17) is 9.47 Å². The Morgan fingerprint density at radius 2 is 1.67 bits per heavy atom. The van der Waals surface area contributed by atoms with Gasteiger partial charge in [0.25, 0.3) is 5.91 Å². The number of hydrogen-bond donors (Lipinski definition) is 2. The highest BCUT2D eigenvalue weighted by Gasteiger charge is 2.23. The second kappa shape index (κ2) is 12.1. The molecule has 0 bridgehead atoms. The fourth-order valence-electron chi connectivity index (χ4n) is 3.21. The molecule has 0 spiro atoms. The van der Waals surface area contributed by atoms with Gasteiger partial charge in [0, 0.05) is 17.7 Å². The van der Waals surface area contributed by atoms with E-state index in [-0.39, 0.29) is 17.9 Å². The fraction of sp³-hybridized carbons (Fsp3) is 0.407. The highest BCUT2D eigenvalue weighted by molar-refractivity contribution is 5.95. The molecule has 0 heterocycles. The monoisotopic (exact) mass is 450 g/mol. The fourth-order valence-corrected chi connectivity index (χ4v) is 3.21. The summed E-state index contributed by atoms with van der Waals surface area (Å²) in [4.78, 5) is 24.5. The number of benzene rings is 2. The van der Waals surface area contributed by atoms with Crippen LogP contribution in [0.3, 0.4) is 0 Å². The van der Waals surface area contributed by atoms with E-state index in [9.17, 15) is 9.59 Å². The maximum absolute atomic E-state index is 12.5. The Hall–Kier alpha value is -3.28. The van der Waals surface area contributed by atoms with E-state index in [1.165, 1.54) is 6.08 Å². The maximum atomic E-state index is 12.5. The predicted octanol–water partition coefficient (Wildman–Crippen LogP) is 5.05. The summed E-state index contributed by atoms with van der Waals surface area (Å²) < 4.78 is 11.6. The predicted molar refractivity (Wildman–Crippen MR) is 131 cm³/mol. The third-order valence-corrected chi connectivity index (χ3v) is 5.26. The van der Waals surface area contributed by atoms with Crippen molar-refractivity contribution in [1.29, 1.82) is 0 Å². The van der Waals surface area contributed by atoms with Crippen LogP contribution in [0.1, 0.15) is 74.0 Å². The number of ether oxygens (including phenoxy) is 2. The molecule has 2 amide bonds. The Balaban J connectivity index is 1.57. The minimum Gasteiger partial charge on any atom is -0.490 e. The Bertz CT molecular complexity index is 965. The summed E-state index contributed by atoms with van der Waals surface area (Å²) in [6, 6.07) is 13.1. The SMILES string of the molecule is CCCOc1ccc(C(C)NC(=O)/C=C/c2ccc(C(=O)NC3CC3)cc2)cc1OCCC. The molecule has 2 aromatic carbocycles. The Kier molecular flexibility index (Phi) is 8.93. The Morgan fingerprint density at radius 1 is 1.00 bits per heavy atom. The number of rotatable bonds is 12. The zero-order valence-electron chi connectivity index (χ0n) is 19.7. The van der Waals surface area contributed by atoms with Crippen LogP contribution in [0.2, 0.25) is 0 Å². The van der Waals surface area contributed by atoms with Gasteiger partial charge in [-0.25, -0.2) is 0 Å². The summed E-state index contributed by atoms with van der Waals surface area (Å²) in [6.07, 6.45) is 7.18. The standard InChI is InChI=1S/C27H34N2O4/c1-4-16-32-24-14-11-22(18-25(24)33-17-5-2)19(3)28-26(30)15-8-20-6-9-21(10-7-20)27(31)29-23-12-13-23/h6-11,14-15,18-19,23H,4-5,12-13,16-17H2,1-3H3,(H,28,30)(H,29,31)/b15-8+. The molecule has 3 rings (SSSR count). The van der Waals surface area contributed by atoms with Gasteiger partial charge in [-0.2, -0.15) is 0 Å². The lowest BCUT2D eigenvalue weighted by Gasteiger charge is -2.17. The van der Waals surface area contributed by atoms with Crippen LogP contribution in [0.5, 0.6) is 11.5 Å². The molecule has 1 atom stereocenters. The van der Waals surface area contributed by atoms with Crippen LogP contribution >= 0.6 is 0 Å². The highest BCUT2D eigenvalue weighted by Crippen LogP contribution is 2.31. The van der Waals surface area contributed by atoms with Crippen molar-refractivity contribution in [1.82, 2.24) is 10.6 Å². The molecule has 0 radical (unpaired) electrons. The zero-order chi connectivity index (χ0) is 23.6. The minimum atomic E-state index is -0.195. The van der Waals surface area contributed by atoms with Crippen molar-refractivity contribution in [3.63, 3.8) is 0 Å². The van der Waals surface area contributed by atoms with E-state index < -0.39 is 0 Å². The largest absolute Gasteiger partial charge is 0.490 e. The van der Waals surface area contributed by atoms with E-state index in [2.05, 4.69) is 24.5 Å². The molecule has 33 heavy (non-hydrogen) atoms. The van der Waals surface area contributed by atoms with Gasteiger partial charge in [-0.3, -0.25) is 9.59 Å². The molecule has 1 saturated carbocycles. The van der Waals surface area contributed by atoms with Crippen LogP contribution in [-0.4, -0.2) is 31.1 Å². The third-order valence-electron chi connectivity index (χ3n) is 5.26. The van der Waals surface area contributed by atoms with Crippen LogP contribution in [0.25, 0.3) is 6.08 Å². The van der Waals surface area contributed by atoms with E-state index in [1.54, 1.807) is 18.2 Å². The lowest BCUT2D eigenvalue weighted by atomic mass is 10.1. The molecule has 0 aromatic heterocycles. The van der Waals surface area contributed by atoms with Gasteiger partial charge in [0.2, 0.25) is 5.91 Å². The first-order valence-corrected chi connectivity index (χ1v) is 11.8. The summed E-state index contributed by atoms with van der Waals surface area (Å²) in [5.74, 6) is 1.18. The van der Waals surface area contributed by atoms with Crippen molar-refractivity contribution in [2.75, 3.05) is 13.2 Å². The Morgan fingerprint density at radius 3 is 2.30 bits per heavy atom. The molecule has 1 aliphatic carbocycles. The van der Waals surface area contributed by atoms with Gasteiger partial charge < -0.3 is 20.1 Å². The molecule has 0 saturated heterocycles. The summed E-state index contributed by atoms with van der Waals surface area (Å²) in [5.41, 5.74) is 2.43. The second-order valence-corrected chi connectivity index (χ2v) is 8.34. The van der Waals surface area contributed by atoms with Gasteiger partial charge in [0.1, 0.15) is 0 Å². The van der Waals surface area contributed by atoms with Crippen LogP contribution < -0.4 is 20.1 Å². The molecular formula is C27H34N2O4. The van der Waals surface area contributed by atoms with Crippen LogP contribution in [-0.2, 0) is 4.79 Å². The molecule has 1 fully saturated rings. The molecule has 6 nitrogen and oxygen atoms in total. The van der Waals surface area contributed by atoms with Crippen LogP contribution in [0.15, 0.2) is 48.5 Å². The topological polar surface area (TPSA) is 76.7 Å². The van der Waals surface area contributed by atoms with Crippen molar-refractivity contribution >= 4 is 17.9 Å². The maximum Gasteiger partial charge on any atom is 0.251 e. The van der Waals surface area contributed by atoms with Gasteiger partial charge in [-0.1, -0.05) is 32.0 Å². The molecule has 176 valence electrons. The molecule has 0 aliphatic heterocycles.